The van der Waals surface area contributed by atoms with Crippen molar-refractivity contribution in [3.63, 3.8) is 0 Å². The van der Waals surface area contributed by atoms with Gasteiger partial charge in [-0.05, 0) is 36.8 Å². The lowest BCUT2D eigenvalue weighted by atomic mass is 10.2. The summed E-state index contributed by atoms with van der Waals surface area (Å²) in [5.41, 5.74) is 0.940. The number of nitrogens with one attached hydrogen (secondary N) is 1. The predicted molar refractivity (Wildman–Crippen MR) is 91.6 cm³/mol. The van der Waals surface area contributed by atoms with Crippen molar-refractivity contribution in [1.82, 2.24) is 0 Å². The third kappa shape index (κ3) is 3.83. The second-order valence-electron chi connectivity index (χ2n) is 4.71. The fourth-order valence-corrected chi connectivity index (χ4v) is 3.83. The Kier molecular flexibility index (Phi) is 5.29. The second kappa shape index (κ2) is 6.86. The van der Waals surface area contributed by atoms with Gasteiger partial charge in [-0.3, -0.25) is 4.72 Å². The van der Waals surface area contributed by atoms with E-state index in [-0.39, 0.29) is 9.92 Å². The standard InChI is InChI=1S/C15H15Cl2NO4S/c1-9-6-15(12(17)8-11(9)16)23(19,20)18-10-4-5-13(21-2)14(7-10)22-3/h4-8,18H,1-3H3. The van der Waals surface area contributed by atoms with Gasteiger partial charge in [0.25, 0.3) is 10.0 Å². The first kappa shape index (κ1) is 17.7. The van der Waals surface area contributed by atoms with Crippen molar-refractivity contribution in [2.24, 2.45) is 0 Å². The molecule has 0 fully saturated rings. The van der Waals surface area contributed by atoms with E-state index >= 15 is 0 Å². The summed E-state index contributed by atoms with van der Waals surface area (Å²) in [6.07, 6.45) is 0. The minimum absolute atomic E-state index is 0.0455. The summed E-state index contributed by atoms with van der Waals surface area (Å²) < 4.78 is 37.8. The highest BCUT2D eigenvalue weighted by Crippen LogP contribution is 2.33. The number of hydrogen-bond donors (Lipinski definition) is 1. The van der Waals surface area contributed by atoms with E-state index in [0.717, 1.165) is 0 Å². The molecule has 2 rings (SSSR count). The lowest BCUT2D eigenvalue weighted by Crippen LogP contribution is -2.14. The van der Waals surface area contributed by atoms with Crippen molar-refractivity contribution >= 4 is 38.9 Å². The number of rotatable bonds is 5. The number of halogens is 2. The summed E-state index contributed by atoms with van der Waals surface area (Å²) in [5, 5.41) is 0.452. The SMILES string of the molecule is COc1ccc(NS(=O)(=O)c2cc(C)c(Cl)cc2Cl)cc1OC. The van der Waals surface area contributed by atoms with Gasteiger partial charge < -0.3 is 9.47 Å². The molecule has 23 heavy (non-hydrogen) atoms. The van der Waals surface area contributed by atoms with E-state index in [1.165, 1.54) is 32.4 Å². The van der Waals surface area contributed by atoms with Crippen LogP contribution in [0, 0.1) is 6.92 Å². The van der Waals surface area contributed by atoms with Crippen molar-refractivity contribution in [1.29, 1.82) is 0 Å². The Morgan fingerprint density at radius 3 is 2.22 bits per heavy atom. The van der Waals surface area contributed by atoms with E-state index in [1.807, 2.05) is 0 Å². The van der Waals surface area contributed by atoms with Crippen molar-refractivity contribution < 1.29 is 17.9 Å². The third-order valence-corrected chi connectivity index (χ3v) is 5.39. The van der Waals surface area contributed by atoms with Crippen LogP contribution >= 0.6 is 23.2 Å². The van der Waals surface area contributed by atoms with Crippen LogP contribution in [0.4, 0.5) is 5.69 Å². The molecule has 0 amide bonds. The van der Waals surface area contributed by atoms with Gasteiger partial charge in [0.05, 0.1) is 24.9 Å². The van der Waals surface area contributed by atoms with Gasteiger partial charge in [0.2, 0.25) is 0 Å². The van der Waals surface area contributed by atoms with Crippen LogP contribution in [-0.2, 0) is 10.0 Å². The molecule has 0 aromatic heterocycles. The van der Waals surface area contributed by atoms with Crippen molar-refractivity contribution in [2.75, 3.05) is 18.9 Å². The highest BCUT2D eigenvalue weighted by molar-refractivity contribution is 7.92. The van der Waals surface area contributed by atoms with Crippen LogP contribution in [0.5, 0.6) is 11.5 Å². The normalized spacial score (nSPS) is 11.2. The average Bonchev–Trinajstić information content (AvgIpc) is 2.50. The molecule has 0 unspecified atom stereocenters. The molecule has 2 aromatic rings. The Labute approximate surface area is 145 Å². The number of benzene rings is 2. The van der Waals surface area contributed by atoms with Crippen LogP contribution < -0.4 is 14.2 Å². The topological polar surface area (TPSA) is 64.6 Å². The molecule has 0 spiro atoms. The highest BCUT2D eigenvalue weighted by Gasteiger charge is 2.20. The Morgan fingerprint density at radius 2 is 1.61 bits per heavy atom. The number of anilines is 1. The molecule has 0 aliphatic carbocycles. The zero-order valence-corrected chi connectivity index (χ0v) is 15.0. The van der Waals surface area contributed by atoms with Gasteiger partial charge in [0, 0.05) is 11.1 Å². The second-order valence-corrected chi connectivity index (χ2v) is 7.17. The van der Waals surface area contributed by atoms with Gasteiger partial charge in [0.1, 0.15) is 4.90 Å². The summed E-state index contributed by atoms with van der Waals surface area (Å²) in [5.74, 6) is 0.905. The maximum Gasteiger partial charge on any atom is 0.263 e. The monoisotopic (exact) mass is 375 g/mol. The van der Waals surface area contributed by atoms with E-state index in [1.54, 1.807) is 19.1 Å². The summed E-state index contributed by atoms with van der Waals surface area (Å²) >= 11 is 11.9. The summed E-state index contributed by atoms with van der Waals surface area (Å²) in [6, 6.07) is 7.52. The number of aryl methyl sites for hydroxylation is 1. The zero-order valence-electron chi connectivity index (χ0n) is 12.7. The minimum atomic E-state index is -3.86. The Bertz CT molecular complexity index is 838. The molecule has 8 heteroatoms. The molecule has 124 valence electrons. The first-order chi connectivity index (χ1) is 10.8. The van der Waals surface area contributed by atoms with E-state index in [0.29, 0.717) is 27.8 Å². The Morgan fingerprint density at radius 1 is 0.957 bits per heavy atom. The fourth-order valence-electron chi connectivity index (χ4n) is 1.95. The first-order valence-corrected chi connectivity index (χ1v) is 8.73. The molecule has 0 aliphatic heterocycles. The molecule has 0 radical (unpaired) electrons. The molecular weight excluding hydrogens is 361 g/mol. The number of sulfonamides is 1. The molecule has 0 saturated carbocycles. The molecular formula is C15H15Cl2NO4S. The van der Waals surface area contributed by atoms with E-state index in [2.05, 4.69) is 4.72 Å². The molecule has 0 saturated heterocycles. The average molecular weight is 376 g/mol. The van der Waals surface area contributed by atoms with Crippen molar-refractivity contribution in [3.8, 4) is 11.5 Å². The minimum Gasteiger partial charge on any atom is -0.493 e. The van der Waals surface area contributed by atoms with Gasteiger partial charge in [-0.15, -0.1) is 0 Å². The van der Waals surface area contributed by atoms with Gasteiger partial charge >= 0.3 is 0 Å². The van der Waals surface area contributed by atoms with Gasteiger partial charge in [0.15, 0.2) is 11.5 Å². The van der Waals surface area contributed by atoms with Crippen LogP contribution in [0.25, 0.3) is 0 Å². The van der Waals surface area contributed by atoms with Gasteiger partial charge in [-0.2, -0.15) is 0 Å². The largest absolute Gasteiger partial charge is 0.493 e. The first-order valence-electron chi connectivity index (χ1n) is 6.49. The third-order valence-electron chi connectivity index (χ3n) is 3.14. The van der Waals surface area contributed by atoms with Crippen molar-refractivity contribution in [2.45, 2.75) is 11.8 Å². The molecule has 0 atom stereocenters. The van der Waals surface area contributed by atoms with E-state index in [9.17, 15) is 8.42 Å². The Balaban J connectivity index is 2.41. The highest BCUT2D eigenvalue weighted by atomic mass is 35.5. The van der Waals surface area contributed by atoms with Crippen LogP contribution in [0.1, 0.15) is 5.56 Å². The molecule has 5 nitrogen and oxygen atoms in total. The fraction of sp³-hybridized carbons (Fsp3) is 0.200. The lowest BCUT2D eigenvalue weighted by Gasteiger charge is -2.13. The quantitative estimate of drug-likeness (QED) is 0.853. The number of hydrogen-bond acceptors (Lipinski definition) is 4. The molecule has 0 bridgehead atoms. The molecule has 1 N–H and O–H groups in total. The van der Waals surface area contributed by atoms with E-state index < -0.39 is 10.0 Å². The lowest BCUT2D eigenvalue weighted by molar-refractivity contribution is 0.355. The van der Waals surface area contributed by atoms with Crippen LogP contribution in [0.2, 0.25) is 10.0 Å². The van der Waals surface area contributed by atoms with Crippen LogP contribution in [-0.4, -0.2) is 22.6 Å². The van der Waals surface area contributed by atoms with Gasteiger partial charge in [-0.1, -0.05) is 23.2 Å². The number of methoxy groups -OCH3 is 2. The summed E-state index contributed by atoms with van der Waals surface area (Å²) in [7, 11) is -0.899. The molecule has 0 heterocycles. The van der Waals surface area contributed by atoms with Crippen molar-refractivity contribution in [3.05, 3.63) is 45.9 Å². The maximum atomic E-state index is 12.5. The summed E-state index contributed by atoms with van der Waals surface area (Å²) in [4.78, 5) is -0.0455. The number of ether oxygens (including phenoxy) is 2. The van der Waals surface area contributed by atoms with Crippen LogP contribution in [0.3, 0.4) is 0 Å². The maximum absolute atomic E-state index is 12.5. The molecule has 2 aromatic carbocycles. The Hall–Kier alpha value is -1.63. The summed E-state index contributed by atoms with van der Waals surface area (Å²) in [6.45, 7) is 1.70. The van der Waals surface area contributed by atoms with E-state index in [4.69, 9.17) is 32.7 Å². The molecule has 0 aliphatic rings. The predicted octanol–water partition coefficient (Wildman–Crippen LogP) is 4.12. The smallest absolute Gasteiger partial charge is 0.263 e. The van der Waals surface area contributed by atoms with Crippen LogP contribution in [0.15, 0.2) is 35.2 Å². The van der Waals surface area contributed by atoms with Gasteiger partial charge in [-0.25, -0.2) is 8.42 Å². The zero-order chi connectivity index (χ0) is 17.2.